The van der Waals surface area contributed by atoms with Gasteiger partial charge in [0, 0.05) is 12.6 Å². The Morgan fingerprint density at radius 2 is 1.79 bits per heavy atom. The number of sulfonamides is 1. The molecule has 0 amide bonds. The molecule has 0 unspecified atom stereocenters. The van der Waals surface area contributed by atoms with E-state index in [9.17, 15) is 8.42 Å². The highest BCUT2D eigenvalue weighted by Crippen LogP contribution is 2.18. The van der Waals surface area contributed by atoms with Crippen LogP contribution in [0, 0.1) is 0 Å². The van der Waals surface area contributed by atoms with Crippen LogP contribution in [0.4, 0.5) is 0 Å². The molecule has 0 saturated heterocycles. The monoisotopic (exact) mass is 308 g/mol. The van der Waals surface area contributed by atoms with Crippen LogP contribution in [0.3, 0.4) is 0 Å². The normalized spacial score (nSPS) is 15.8. The van der Waals surface area contributed by atoms with Crippen molar-refractivity contribution in [3.8, 4) is 0 Å². The van der Waals surface area contributed by atoms with E-state index >= 15 is 0 Å². The summed E-state index contributed by atoms with van der Waals surface area (Å²) in [5.74, 6) is 1.44. The predicted octanol–water partition coefficient (Wildman–Crippen LogP) is 1.97. The molecule has 4 nitrogen and oxygen atoms in total. The lowest BCUT2D eigenvalue weighted by molar-refractivity contribution is 0.568. The van der Waals surface area contributed by atoms with Crippen LogP contribution < -0.4 is 10.0 Å². The van der Waals surface area contributed by atoms with Crippen molar-refractivity contribution in [1.29, 1.82) is 0 Å². The van der Waals surface area contributed by atoms with Gasteiger partial charge in [-0.15, -0.1) is 0 Å². The molecule has 0 aliphatic heterocycles. The maximum atomic E-state index is 11.7. The Kier molecular flexibility index (Phi) is 9.11. The first kappa shape index (κ1) is 17.3. The van der Waals surface area contributed by atoms with Gasteiger partial charge in [-0.2, -0.15) is 11.8 Å². The molecule has 114 valence electrons. The molecule has 1 fully saturated rings. The molecule has 0 heterocycles. The van der Waals surface area contributed by atoms with Crippen molar-refractivity contribution in [2.24, 2.45) is 0 Å². The van der Waals surface area contributed by atoms with Gasteiger partial charge in [-0.3, -0.25) is 0 Å². The molecule has 0 atom stereocenters. The van der Waals surface area contributed by atoms with Crippen LogP contribution in [0.15, 0.2) is 0 Å². The summed E-state index contributed by atoms with van der Waals surface area (Å²) in [6.45, 7) is 1.55. The Balaban J connectivity index is 1.90. The molecule has 0 bridgehead atoms. The molecule has 2 N–H and O–H groups in total. The summed E-state index contributed by atoms with van der Waals surface area (Å²) in [5, 5.41) is 3.40. The fraction of sp³-hybridized carbons (Fsp3) is 1.00. The highest BCUT2D eigenvalue weighted by atomic mass is 32.2. The second-order valence-electron chi connectivity index (χ2n) is 5.20. The summed E-state index contributed by atoms with van der Waals surface area (Å²) in [5.41, 5.74) is 0. The quantitative estimate of drug-likeness (QED) is 0.511. The van der Waals surface area contributed by atoms with E-state index in [0.717, 1.165) is 38.3 Å². The third-order valence-corrected chi connectivity index (χ3v) is 5.36. The van der Waals surface area contributed by atoms with Crippen molar-refractivity contribution in [2.45, 2.75) is 51.0 Å². The van der Waals surface area contributed by atoms with Crippen molar-refractivity contribution < 1.29 is 8.42 Å². The van der Waals surface area contributed by atoms with Gasteiger partial charge in [0.1, 0.15) is 0 Å². The van der Waals surface area contributed by atoms with E-state index < -0.39 is 10.0 Å². The highest BCUT2D eigenvalue weighted by Gasteiger charge is 2.19. The lowest BCUT2D eigenvalue weighted by atomic mass is 10.2. The lowest BCUT2D eigenvalue weighted by Gasteiger charge is -2.07. The zero-order valence-corrected chi connectivity index (χ0v) is 13.6. The second kappa shape index (κ2) is 10.0. The van der Waals surface area contributed by atoms with Gasteiger partial charge < -0.3 is 5.32 Å². The molecule has 19 heavy (non-hydrogen) atoms. The largest absolute Gasteiger partial charge is 0.314 e. The fourth-order valence-electron chi connectivity index (χ4n) is 1.86. The molecule has 1 rings (SSSR count). The summed E-state index contributed by atoms with van der Waals surface area (Å²) in [6.07, 6.45) is 9.60. The zero-order valence-electron chi connectivity index (χ0n) is 12.0. The molecule has 0 radical (unpaired) electrons. The second-order valence-corrected chi connectivity index (χ2v) is 8.11. The van der Waals surface area contributed by atoms with Gasteiger partial charge in [-0.25, -0.2) is 13.1 Å². The summed E-state index contributed by atoms with van der Waals surface area (Å²) in [7, 11) is -3.04. The Hall–Kier alpha value is 0.220. The predicted molar refractivity (Wildman–Crippen MR) is 84.3 cm³/mol. The van der Waals surface area contributed by atoms with E-state index in [1.165, 1.54) is 25.0 Å². The van der Waals surface area contributed by atoms with Crippen molar-refractivity contribution >= 4 is 21.8 Å². The Labute approximate surface area is 122 Å². The average molecular weight is 309 g/mol. The van der Waals surface area contributed by atoms with Gasteiger partial charge in [0.05, 0.1) is 5.75 Å². The Morgan fingerprint density at radius 3 is 2.47 bits per heavy atom. The minimum Gasteiger partial charge on any atom is -0.314 e. The molecular formula is C13H28N2O2S2. The van der Waals surface area contributed by atoms with Crippen LogP contribution in [-0.4, -0.2) is 45.3 Å². The number of hydrogen-bond acceptors (Lipinski definition) is 4. The number of hydrogen-bond donors (Lipinski definition) is 2. The minimum atomic E-state index is -3.04. The summed E-state index contributed by atoms with van der Waals surface area (Å²) < 4.78 is 26.1. The number of thioether (sulfide) groups is 1. The first-order valence-electron chi connectivity index (χ1n) is 7.34. The first-order valence-corrected chi connectivity index (χ1v) is 10.4. The Bertz CT molecular complexity index is 317. The lowest BCUT2D eigenvalue weighted by Crippen LogP contribution is -2.28. The van der Waals surface area contributed by atoms with Crippen molar-refractivity contribution in [2.75, 3.05) is 30.9 Å². The standard InChI is InChI=1S/C13H28N2O2S2/c1-18-11-5-2-3-10-15-19(16,17)12-6-4-9-14-13-7-8-13/h13-15H,2-12H2,1H3. The number of nitrogens with one attached hydrogen (secondary N) is 2. The maximum absolute atomic E-state index is 11.7. The van der Waals surface area contributed by atoms with Crippen LogP contribution in [0.5, 0.6) is 0 Å². The van der Waals surface area contributed by atoms with Gasteiger partial charge in [0.2, 0.25) is 10.0 Å². The van der Waals surface area contributed by atoms with E-state index in [0.29, 0.717) is 6.54 Å². The maximum Gasteiger partial charge on any atom is 0.211 e. The van der Waals surface area contributed by atoms with Crippen LogP contribution in [0.25, 0.3) is 0 Å². The fourth-order valence-corrected chi connectivity index (χ4v) is 3.54. The third kappa shape index (κ3) is 10.6. The third-order valence-electron chi connectivity index (χ3n) is 3.20. The zero-order chi connectivity index (χ0) is 14.0. The van der Waals surface area contributed by atoms with Crippen molar-refractivity contribution in [3.63, 3.8) is 0 Å². The molecule has 0 aromatic rings. The summed E-state index contributed by atoms with van der Waals surface area (Å²) >= 11 is 1.84. The molecule has 1 aliphatic carbocycles. The molecule has 0 spiro atoms. The first-order chi connectivity index (χ1) is 9.14. The molecular weight excluding hydrogens is 280 g/mol. The summed E-state index contributed by atoms with van der Waals surface area (Å²) in [4.78, 5) is 0. The molecule has 6 heteroatoms. The van der Waals surface area contributed by atoms with Gasteiger partial charge in [-0.05, 0) is 57.1 Å². The van der Waals surface area contributed by atoms with Crippen LogP contribution in [-0.2, 0) is 10.0 Å². The summed E-state index contributed by atoms with van der Waals surface area (Å²) in [6, 6.07) is 0.719. The molecule has 1 aliphatic rings. The molecule has 0 aromatic carbocycles. The SMILES string of the molecule is CSCCCCCNS(=O)(=O)CCCCNC1CC1. The van der Waals surface area contributed by atoms with E-state index in [1.807, 2.05) is 11.8 Å². The van der Waals surface area contributed by atoms with E-state index in [4.69, 9.17) is 0 Å². The van der Waals surface area contributed by atoms with Gasteiger partial charge in [-0.1, -0.05) is 6.42 Å². The van der Waals surface area contributed by atoms with Gasteiger partial charge >= 0.3 is 0 Å². The Morgan fingerprint density at radius 1 is 1.05 bits per heavy atom. The van der Waals surface area contributed by atoms with E-state index in [2.05, 4.69) is 16.3 Å². The molecule has 1 saturated carbocycles. The van der Waals surface area contributed by atoms with Crippen LogP contribution in [0.2, 0.25) is 0 Å². The topological polar surface area (TPSA) is 58.2 Å². The van der Waals surface area contributed by atoms with E-state index in [-0.39, 0.29) is 5.75 Å². The highest BCUT2D eigenvalue weighted by molar-refractivity contribution is 7.98. The van der Waals surface area contributed by atoms with Crippen molar-refractivity contribution in [1.82, 2.24) is 10.0 Å². The van der Waals surface area contributed by atoms with E-state index in [1.54, 1.807) is 0 Å². The smallest absolute Gasteiger partial charge is 0.211 e. The van der Waals surface area contributed by atoms with Gasteiger partial charge in [0.25, 0.3) is 0 Å². The van der Waals surface area contributed by atoms with Crippen LogP contribution >= 0.6 is 11.8 Å². The van der Waals surface area contributed by atoms with Gasteiger partial charge in [0.15, 0.2) is 0 Å². The molecule has 0 aromatic heterocycles. The number of rotatable bonds is 13. The minimum absolute atomic E-state index is 0.268. The number of unbranched alkanes of at least 4 members (excludes halogenated alkanes) is 3. The average Bonchev–Trinajstić information content (AvgIpc) is 3.17. The van der Waals surface area contributed by atoms with Crippen molar-refractivity contribution in [3.05, 3.63) is 0 Å². The van der Waals surface area contributed by atoms with Crippen LogP contribution in [0.1, 0.15) is 44.9 Å².